The van der Waals surface area contributed by atoms with Crippen LogP contribution in [0.3, 0.4) is 0 Å². The van der Waals surface area contributed by atoms with Crippen LogP contribution in [0, 0.1) is 0 Å². The number of carbonyl (C=O) groups excluding carboxylic acids is 1. The highest BCUT2D eigenvalue weighted by atomic mass is 32.2. The summed E-state index contributed by atoms with van der Waals surface area (Å²) in [5, 5.41) is 0. The van der Waals surface area contributed by atoms with E-state index in [-0.39, 0.29) is 5.91 Å². The molecule has 0 aromatic heterocycles. The molecule has 1 heterocycles. The Morgan fingerprint density at radius 2 is 1.94 bits per heavy atom. The summed E-state index contributed by atoms with van der Waals surface area (Å²) in [6.45, 7) is 1.12. The van der Waals surface area contributed by atoms with Gasteiger partial charge in [0.2, 0.25) is 5.91 Å². The second-order valence-electron chi connectivity index (χ2n) is 4.40. The lowest BCUT2D eigenvalue weighted by Gasteiger charge is -2.28. The number of amides is 1. The predicted octanol–water partition coefficient (Wildman–Crippen LogP) is 0.616. The molecule has 0 saturated carbocycles. The second kappa shape index (κ2) is 4.49. The highest BCUT2D eigenvalue weighted by molar-refractivity contribution is 7.91. The maximum atomic E-state index is 11.8. The van der Waals surface area contributed by atoms with Crippen LogP contribution in [0.1, 0.15) is 11.1 Å². The molecule has 0 fully saturated rings. The molecule has 92 valence electrons. The molecule has 0 atom stereocenters. The summed E-state index contributed by atoms with van der Waals surface area (Å²) in [4.78, 5) is 13.4. The zero-order chi connectivity index (χ0) is 12.5. The lowest BCUT2D eigenvalue weighted by atomic mass is 10.00. The van der Waals surface area contributed by atoms with Crippen LogP contribution in [0.15, 0.2) is 24.3 Å². The summed E-state index contributed by atoms with van der Waals surface area (Å²) in [6.07, 6.45) is 1.88. The number of fused-ring (bicyclic) bond motifs is 1. The molecule has 0 saturated heterocycles. The molecule has 5 heteroatoms. The Morgan fingerprint density at radius 3 is 2.59 bits per heavy atom. The van der Waals surface area contributed by atoms with E-state index in [4.69, 9.17) is 0 Å². The third-order valence-corrected chi connectivity index (χ3v) is 3.64. The van der Waals surface area contributed by atoms with Crippen LogP contribution >= 0.6 is 0 Å². The molecule has 0 aliphatic carbocycles. The molecular weight excluding hydrogens is 238 g/mol. The number of carbonyl (C=O) groups is 1. The smallest absolute Gasteiger partial charge is 0.238 e. The molecule has 1 aromatic carbocycles. The van der Waals surface area contributed by atoms with Crippen LogP contribution in [-0.2, 0) is 27.6 Å². The van der Waals surface area contributed by atoms with Crippen molar-refractivity contribution in [1.82, 2.24) is 4.90 Å². The van der Waals surface area contributed by atoms with Gasteiger partial charge in [-0.05, 0) is 17.5 Å². The number of rotatable bonds is 2. The zero-order valence-corrected chi connectivity index (χ0v) is 10.5. The largest absolute Gasteiger partial charge is 0.337 e. The van der Waals surface area contributed by atoms with Crippen molar-refractivity contribution in [2.75, 3.05) is 18.6 Å². The van der Waals surface area contributed by atoms with Crippen LogP contribution < -0.4 is 0 Å². The average molecular weight is 253 g/mol. The molecule has 1 aromatic rings. The minimum atomic E-state index is -3.24. The van der Waals surface area contributed by atoms with Crippen molar-refractivity contribution >= 4 is 15.7 Å². The minimum Gasteiger partial charge on any atom is -0.337 e. The summed E-state index contributed by atoms with van der Waals surface area (Å²) < 4.78 is 22.2. The van der Waals surface area contributed by atoms with E-state index < -0.39 is 15.6 Å². The van der Waals surface area contributed by atoms with E-state index in [9.17, 15) is 13.2 Å². The molecule has 1 aliphatic heterocycles. The number of sulfone groups is 1. The molecule has 0 radical (unpaired) electrons. The quantitative estimate of drug-likeness (QED) is 0.776. The van der Waals surface area contributed by atoms with Crippen molar-refractivity contribution in [1.29, 1.82) is 0 Å². The molecule has 0 bridgehead atoms. The summed E-state index contributed by atoms with van der Waals surface area (Å²) >= 11 is 0. The van der Waals surface area contributed by atoms with Gasteiger partial charge in [-0.3, -0.25) is 4.79 Å². The Kier molecular flexibility index (Phi) is 3.19. The van der Waals surface area contributed by atoms with Crippen molar-refractivity contribution in [2.45, 2.75) is 13.0 Å². The number of hydrogen-bond donors (Lipinski definition) is 0. The van der Waals surface area contributed by atoms with Crippen LogP contribution in [0.2, 0.25) is 0 Å². The summed E-state index contributed by atoms with van der Waals surface area (Å²) in [5.41, 5.74) is 2.36. The minimum absolute atomic E-state index is 0.304. The maximum absolute atomic E-state index is 11.8. The topological polar surface area (TPSA) is 54.5 Å². The van der Waals surface area contributed by atoms with Gasteiger partial charge in [0.1, 0.15) is 5.75 Å². The van der Waals surface area contributed by atoms with Gasteiger partial charge in [-0.1, -0.05) is 24.3 Å². The van der Waals surface area contributed by atoms with Gasteiger partial charge >= 0.3 is 0 Å². The van der Waals surface area contributed by atoms with Crippen molar-refractivity contribution in [3.05, 3.63) is 35.4 Å². The van der Waals surface area contributed by atoms with E-state index in [1.54, 1.807) is 4.90 Å². The Bertz CT molecular complexity index is 536. The zero-order valence-electron chi connectivity index (χ0n) is 9.72. The van der Waals surface area contributed by atoms with Gasteiger partial charge in [-0.25, -0.2) is 8.42 Å². The molecule has 1 amide bonds. The average Bonchev–Trinajstić information content (AvgIpc) is 2.26. The second-order valence-corrected chi connectivity index (χ2v) is 6.54. The van der Waals surface area contributed by atoms with Crippen molar-refractivity contribution < 1.29 is 13.2 Å². The molecule has 17 heavy (non-hydrogen) atoms. The fourth-order valence-electron chi connectivity index (χ4n) is 2.02. The Balaban J connectivity index is 2.10. The van der Waals surface area contributed by atoms with E-state index in [2.05, 4.69) is 0 Å². The third-order valence-electron chi connectivity index (χ3n) is 2.87. The highest BCUT2D eigenvalue weighted by Crippen LogP contribution is 2.18. The van der Waals surface area contributed by atoms with E-state index >= 15 is 0 Å². The lowest BCUT2D eigenvalue weighted by Crippen LogP contribution is -2.39. The first-order chi connectivity index (χ1) is 7.96. The van der Waals surface area contributed by atoms with Gasteiger partial charge in [-0.2, -0.15) is 0 Å². The molecule has 2 rings (SSSR count). The van der Waals surface area contributed by atoms with Crippen LogP contribution in [0.5, 0.6) is 0 Å². The molecular formula is C12H15NO3S. The van der Waals surface area contributed by atoms with E-state index in [0.29, 0.717) is 13.1 Å². The first-order valence-corrected chi connectivity index (χ1v) is 7.54. The molecule has 4 nitrogen and oxygen atoms in total. The van der Waals surface area contributed by atoms with Crippen molar-refractivity contribution in [3.8, 4) is 0 Å². The Hall–Kier alpha value is -1.36. The van der Waals surface area contributed by atoms with Gasteiger partial charge in [0, 0.05) is 19.3 Å². The van der Waals surface area contributed by atoms with Gasteiger partial charge in [0.15, 0.2) is 9.84 Å². The SMILES string of the molecule is CS(=O)(=O)CC(=O)N1CCc2ccccc2C1. The first kappa shape index (κ1) is 12.1. The van der Waals surface area contributed by atoms with Crippen LogP contribution in [0.25, 0.3) is 0 Å². The molecule has 0 N–H and O–H groups in total. The third kappa shape index (κ3) is 3.06. The Labute approximate surface area is 101 Å². The van der Waals surface area contributed by atoms with Gasteiger partial charge in [-0.15, -0.1) is 0 Å². The van der Waals surface area contributed by atoms with Crippen LogP contribution in [0.4, 0.5) is 0 Å². The standard InChI is InChI=1S/C12H15NO3S/c1-17(15,16)9-12(14)13-7-6-10-4-2-3-5-11(10)8-13/h2-5H,6-9H2,1H3. The maximum Gasteiger partial charge on any atom is 0.238 e. The fraction of sp³-hybridized carbons (Fsp3) is 0.417. The van der Waals surface area contributed by atoms with E-state index in [1.807, 2.05) is 24.3 Å². The van der Waals surface area contributed by atoms with E-state index in [0.717, 1.165) is 18.2 Å². The molecule has 0 spiro atoms. The molecule has 1 aliphatic rings. The Morgan fingerprint density at radius 1 is 1.29 bits per heavy atom. The van der Waals surface area contributed by atoms with Crippen LogP contribution in [-0.4, -0.2) is 37.8 Å². The summed E-state index contributed by atoms with van der Waals surface area (Å²) in [5.74, 6) is -0.697. The number of hydrogen-bond acceptors (Lipinski definition) is 3. The lowest BCUT2D eigenvalue weighted by molar-refractivity contribution is -0.129. The first-order valence-electron chi connectivity index (χ1n) is 5.48. The normalized spacial score (nSPS) is 15.5. The highest BCUT2D eigenvalue weighted by Gasteiger charge is 2.22. The van der Waals surface area contributed by atoms with Crippen molar-refractivity contribution in [3.63, 3.8) is 0 Å². The van der Waals surface area contributed by atoms with Gasteiger partial charge < -0.3 is 4.90 Å². The number of benzene rings is 1. The predicted molar refractivity (Wildman–Crippen MR) is 65.3 cm³/mol. The molecule has 0 unspecified atom stereocenters. The number of nitrogens with zero attached hydrogens (tertiary/aromatic N) is 1. The van der Waals surface area contributed by atoms with Gasteiger partial charge in [0.05, 0.1) is 0 Å². The van der Waals surface area contributed by atoms with Crippen molar-refractivity contribution in [2.24, 2.45) is 0 Å². The van der Waals surface area contributed by atoms with E-state index in [1.165, 1.54) is 5.56 Å². The fourth-order valence-corrected chi connectivity index (χ4v) is 2.66. The summed E-state index contributed by atoms with van der Waals surface area (Å²) in [6, 6.07) is 7.94. The monoisotopic (exact) mass is 253 g/mol. The van der Waals surface area contributed by atoms with Gasteiger partial charge in [0.25, 0.3) is 0 Å². The summed E-state index contributed by atoms with van der Waals surface area (Å²) in [7, 11) is -3.24.